The Labute approximate surface area is 120 Å². The van der Waals surface area contributed by atoms with E-state index >= 15 is 0 Å². The number of carbonyl (C=O) groups excluding carboxylic acids is 1. The molecular weight excluding hydrogens is 252 g/mol. The Hall–Kier alpha value is -1.55. The molecule has 4 nitrogen and oxygen atoms in total. The van der Waals surface area contributed by atoms with Gasteiger partial charge in [0.25, 0.3) is 5.91 Å². The van der Waals surface area contributed by atoms with Crippen molar-refractivity contribution < 1.29 is 9.90 Å². The van der Waals surface area contributed by atoms with Gasteiger partial charge in [-0.05, 0) is 63.0 Å². The second kappa shape index (κ2) is 5.44. The van der Waals surface area contributed by atoms with Gasteiger partial charge in [0, 0.05) is 24.7 Å². The van der Waals surface area contributed by atoms with Gasteiger partial charge in [-0.15, -0.1) is 0 Å². The summed E-state index contributed by atoms with van der Waals surface area (Å²) >= 11 is 0. The van der Waals surface area contributed by atoms with E-state index in [-0.39, 0.29) is 11.7 Å². The number of aryl methyl sites for hydroxylation is 1. The maximum Gasteiger partial charge on any atom is 0.253 e. The average Bonchev–Trinajstić information content (AvgIpc) is 3.11. The first-order valence-electron chi connectivity index (χ1n) is 7.48. The zero-order valence-corrected chi connectivity index (χ0v) is 12.0. The van der Waals surface area contributed by atoms with Gasteiger partial charge in [0.2, 0.25) is 0 Å². The third-order valence-electron chi connectivity index (χ3n) is 4.55. The summed E-state index contributed by atoms with van der Waals surface area (Å²) in [5, 5.41) is 9.54. The largest absolute Gasteiger partial charge is 0.508 e. The molecule has 0 saturated carbocycles. The Balaban J connectivity index is 1.67. The van der Waals surface area contributed by atoms with E-state index in [4.69, 9.17) is 0 Å². The fourth-order valence-electron chi connectivity index (χ4n) is 3.30. The SMILES string of the molecule is Cc1cc(C(=O)N2CCC(N3CCCC3)C2)ccc1O. The Morgan fingerprint density at radius 3 is 2.70 bits per heavy atom. The number of nitrogens with zero attached hydrogens (tertiary/aromatic N) is 2. The summed E-state index contributed by atoms with van der Waals surface area (Å²) in [5.74, 6) is 0.340. The summed E-state index contributed by atoms with van der Waals surface area (Å²) in [4.78, 5) is 17.0. The van der Waals surface area contributed by atoms with Crippen LogP contribution in [-0.2, 0) is 0 Å². The van der Waals surface area contributed by atoms with E-state index in [9.17, 15) is 9.90 Å². The predicted molar refractivity (Wildman–Crippen MR) is 78.0 cm³/mol. The van der Waals surface area contributed by atoms with E-state index < -0.39 is 0 Å². The molecule has 0 spiro atoms. The molecule has 0 aliphatic carbocycles. The van der Waals surface area contributed by atoms with Crippen molar-refractivity contribution in [1.29, 1.82) is 0 Å². The Bertz CT molecular complexity index is 509. The molecule has 1 atom stereocenters. The highest BCUT2D eigenvalue weighted by Gasteiger charge is 2.31. The van der Waals surface area contributed by atoms with Crippen LogP contribution in [0.1, 0.15) is 35.2 Å². The molecule has 2 aliphatic rings. The molecule has 0 radical (unpaired) electrons. The number of phenolic OH excluding ortho intramolecular Hbond substituents is 1. The summed E-state index contributed by atoms with van der Waals surface area (Å²) in [6, 6.07) is 5.64. The minimum atomic E-state index is 0.0924. The minimum absolute atomic E-state index is 0.0924. The first kappa shape index (κ1) is 13.4. The van der Waals surface area contributed by atoms with Crippen LogP contribution < -0.4 is 0 Å². The molecule has 1 unspecified atom stereocenters. The van der Waals surface area contributed by atoms with Crippen molar-refractivity contribution in [3.8, 4) is 5.75 Å². The number of rotatable bonds is 2. The van der Waals surface area contributed by atoms with Crippen molar-refractivity contribution in [3.63, 3.8) is 0 Å². The topological polar surface area (TPSA) is 43.8 Å². The molecule has 1 aromatic rings. The highest BCUT2D eigenvalue weighted by molar-refractivity contribution is 5.94. The van der Waals surface area contributed by atoms with Crippen LogP contribution in [0.2, 0.25) is 0 Å². The number of amides is 1. The molecule has 2 aliphatic heterocycles. The fourth-order valence-corrected chi connectivity index (χ4v) is 3.30. The van der Waals surface area contributed by atoms with Crippen LogP contribution in [-0.4, -0.2) is 53.0 Å². The van der Waals surface area contributed by atoms with Gasteiger partial charge in [0.1, 0.15) is 5.75 Å². The van der Waals surface area contributed by atoms with E-state index in [0.717, 1.165) is 25.1 Å². The van der Waals surface area contributed by atoms with Gasteiger partial charge in [0.05, 0.1) is 0 Å². The smallest absolute Gasteiger partial charge is 0.253 e. The third-order valence-corrected chi connectivity index (χ3v) is 4.55. The molecule has 1 N–H and O–H groups in total. The van der Waals surface area contributed by atoms with E-state index in [1.165, 1.54) is 25.9 Å². The number of phenols is 1. The maximum absolute atomic E-state index is 12.5. The van der Waals surface area contributed by atoms with Gasteiger partial charge in [-0.1, -0.05) is 0 Å². The molecular formula is C16H22N2O2. The van der Waals surface area contributed by atoms with Crippen LogP contribution in [0.3, 0.4) is 0 Å². The lowest BCUT2D eigenvalue weighted by Crippen LogP contribution is -2.37. The second-order valence-corrected chi connectivity index (χ2v) is 5.94. The second-order valence-electron chi connectivity index (χ2n) is 5.94. The van der Waals surface area contributed by atoms with Gasteiger partial charge in [-0.25, -0.2) is 0 Å². The number of aromatic hydroxyl groups is 1. The van der Waals surface area contributed by atoms with Crippen molar-refractivity contribution in [3.05, 3.63) is 29.3 Å². The molecule has 3 rings (SSSR count). The molecule has 2 heterocycles. The van der Waals surface area contributed by atoms with E-state index in [2.05, 4.69) is 4.90 Å². The molecule has 108 valence electrons. The van der Waals surface area contributed by atoms with Crippen molar-refractivity contribution in [2.75, 3.05) is 26.2 Å². The molecule has 1 amide bonds. The lowest BCUT2D eigenvalue weighted by Gasteiger charge is -2.23. The summed E-state index contributed by atoms with van der Waals surface area (Å²) < 4.78 is 0. The fraction of sp³-hybridized carbons (Fsp3) is 0.562. The summed E-state index contributed by atoms with van der Waals surface area (Å²) in [5.41, 5.74) is 1.44. The first-order chi connectivity index (χ1) is 9.65. The normalized spacial score (nSPS) is 23.4. The van der Waals surface area contributed by atoms with Crippen molar-refractivity contribution in [2.24, 2.45) is 0 Å². The number of carbonyl (C=O) groups is 1. The van der Waals surface area contributed by atoms with E-state index in [1.807, 2.05) is 11.8 Å². The quantitative estimate of drug-likeness (QED) is 0.897. The van der Waals surface area contributed by atoms with E-state index in [1.54, 1.807) is 18.2 Å². The highest BCUT2D eigenvalue weighted by Crippen LogP contribution is 2.23. The molecule has 0 bridgehead atoms. The summed E-state index contributed by atoms with van der Waals surface area (Å²) in [7, 11) is 0. The monoisotopic (exact) mass is 274 g/mol. The third kappa shape index (κ3) is 2.52. The minimum Gasteiger partial charge on any atom is -0.508 e. The van der Waals surface area contributed by atoms with Gasteiger partial charge < -0.3 is 10.0 Å². The lowest BCUT2D eigenvalue weighted by atomic mass is 10.1. The number of likely N-dealkylation sites (tertiary alicyclic amines) is 2. The van der Waals surface area contributed by atoms with Crippen molar-refractivity contribution in [1.82, 2.24) is 9.80 Å². The standard InChI is InChI=1S/C16H22N2O2/c1-12-10-13(4-5-15(12)19)16(20)18-9-6-14(11-18)17-7-2-3-8-17/h4-5,10,14,19H,2-3,6-9,11H2,1H3. The number of hydrogen-bond acceptors (Lipinski definition) is 3. The zero-order valence-electron chi connectivity index (χ0n) is 12.0. The van der Waals surface area contributed by atoms with Crippen molar-refractivity contribution >= 4 is 5.91 Å². The van der Waals surface area contributed by atoms with Crippen LogP contribution in [0.25, 0.3) is 0 Å². The predicted octanol–water partition coefficient (Wildman–Crippen LogP) is 2.01. The molecule has 2 saturated heterocycles. The van der Waals surface area contributed by atoms with Gasteiger partial charge in [0.15, 0.2) is 0 Å². The highest BCUT2D eigenvalue weighted by atomic mass is 16.3. The first-order valence-corrected chi connectivity index (χ1v) is 7.48. The van der Waals surface area contributed by atoms with Gasteiger partial charge >= 0.3 is 0 Å². The average molecular weight is 274 g/mol. The maximum atomic E-state index is 12.5. The van der Waals surface area contributed by atoms with Crippen LogP contribution >= 0.6 is 0 Å². The Morgan fingerprint density at radius 1 is 1.25 bits per heavy atom. The van der Waals surface area contributed by atoms with Crippen molar-refractivity contribution in [2.45, 2.75) is 32.2 Å². The van der Waals surface area contributed by atoms with Gasteiger partial charge in [-0.2, -0.15) is 0 Å². The van der Waals surface area contributed by atoms with Crippen LogP contribution in [0.15, 0.2) is 18.2 Å². The molecule has 2 fully saturated rings. The molecule has 0 aromatic heterocycles. The molecule has 20 heavy (non-hydrogen) atoms. The van der Waals surface area contributed by atoms with Gasteiger partial charge in [-0.3, -0.25) is 9.69 Å². The van der Waals surface area contributed by atoms with Crippen LogP contribution in [0, 0.1) is 6.92 Å². The van der Waals surface area contributed by atoms with E-state index in [0.29, 0.717) is 11.6 Å². The van der Waals surface area contributed by atoms with Crippen LogP contribution in [0.4, 0.5) is 0 Å². The Kier molecular flexibility index (Phi) is 3.66. The lowest BCUT2D eigenvalue weighted by molar-refractivity contribution is 0.0780. The summed E-state index contributed by atoms with van der Waals surface area (Å²) in [6.45, 7) is 5.89. The zero-order chi connectivity index (χ0) is 14.1. The molecule has 4 heteroatoms. The number of hydrogen-bond donors (Lipinski definition) is 1. The Morgan fingerprint density at radius 2 is 2.00 bits per heavy atom. The summed E-state index contributed by atoms with van der Waals surface area (Å²) in [6.07, 6.45) is 3.67. The number of benzene rings is 1. The molecule has 1 aromatic carbocycles. The van der Waals surface area contributed by atoms with Crippen LogP contribution in [0.5, 0.6) is 5.75 Å².